The number of amides is 2. The summed E-state index contributed by atoms with van der Waals surface area (Å²) in [6.07, 6.45) is 3.37. The largest absolute Gasteiger partial charge is 0.435 e. The predicted octanol–water partition coefficient (Wildman–Crippen LogP) is 3.53. The molecule has 1 aromatic carbocycles. The number of urea groups is 1. The third-order valence-electron chi connectivity index (χ3n) is 4.13. The van der Waals surface area contributed by atoms with Gasteiger partial charge in [-0.25, -0.2) is 4.79 Å². The number of carbonyl (C=O) groups excluding carboxylic acids is 1. The Kier molecular flexibility index (Phi) is 7.24. The van der Waals surface area contributed by atoms with Gasteiger partial charge in [-0.1, -0.05) is 13.0 Å². The maximum absolute atomic E-state index is 12.2. The Labute approximate surface area is 141 Å². The highest BCUT2D eigenvalue weighted by Crippen LogP contribution is 2.19. The molecule has 5 nitrogen and oxygen atoms in total. The first-order valence-corrected chi connectivity index (χ1v) is 8.35. The second-order valence-corrected chi connectivity index (χ2v) is 6.16. The lowest BCUT2D eigenvalue weighted by Gasteiger charge is -2.30. The Morgan fingerprint density at radius 3 is 2.83 bits per heavy atom. The molecule has 24 heavy (non-hydrogen) atoms. The number of piperidine rings is 1. The lowest BCUT2D eigenvalue weighted by atomic mass is 9.99. The Morgan fingerprint density at radius 1 is 1.38 bits per heavy atom. The van der Waals surface area contributed by atoms with E-state index in [0.717, 1.165) is 32.0 Å². The predicted molar refractivity (Wildman–Crippen MR) is 89.6 cm³/mol. The molecule has 2 amide bonds. The molecule has 2 rings (SSSR count). The summed E-state index contributed by atoms with van der Waals surface area (Å²) in [5, 5.41) is 5.39. The fraction of sp³-hybridized carbons (Fsp3) is 0.588. The zero-order valence-corrected chi connectivity index (χ0v) is 13.9. The number of nitrogens with one attached hydrogen (secondary N) is 2. The number of nitrogens with zero attached hydrogens (tertiary/aromatic N) is 1. The van der Waals surface area contributed by atoms with Gasteiger partial charge in [0.15, 0.2) is 0 Å². The van der Waals surface area contributed by atoms with E-state index in [1.54, 1.807) is 12.1 Å². The third kappa shape index (κ3) is 6.70. The number of rotatable bonds is 7. The normalized spacial score (nSPS) is 16.2. The molecule has 0 saturated carbocycles. The van der Waals surface area contributed by atoms with Crippen molar-refractivity contribution >= 4 is 11.7 Å². The van der Waals surface area contributed by atoms with Gasteiger partial charge in [0, 0.05) is 18.3 Å². The average molecular weight is 341 g/mol. The molecule has 0 aromatic heterocycles. The molecule has 0 bridgehead atoms. The molecule has 0 radical (unpaired) electrons. The number of ether oxygens (including phenoxy) is 1. The van der Waals surface area contributed by atoms with Crippen molar-refractivity contribution in [2.45, 2.75) is 32.8 Å². The summed E-state index contributed by atoms with van der Waals surface area (Å²) in [5.41, 5.74) is 0.413. The molecule has 1 aliphatic heterocycles. The van der Waals surface area contributed by atoms with Crippen LogP contribution in [0.5, 0.6) is 5.75 Å². The summed E-state index contributed by atoms with van der Waals surface area (Å²) in [7, 11) is 0. The first-order chi connectivity index (χ1) is 11.5. The van der Waals surface area contributed by atoms with Crippen LogP contribution in [0.4, 0.5) is 19.3 Å². The number of anilines is 1. The van der Waals surface area contributed by atoms with Gasteiger partial charge in [-0.05, 0) is 56.9 Å². The van der Waals surface area contributed by atoms with Crippen LogP contribution in [0.2, 0.25) is 0 Å². The van der Waals surface area contributed by atoms with Crippen LogP contribution >= 0.6 is 0 Å². The maximum atomic E-state index is 12.2. The van der Waals surface area contributed by atoms with Gasteiger partial charge in [0.05, 0.1) is 0 Å². The van der Waals surface area contributed by atoms with Gasteiger partial charge in [-0.2, -0.15) is 8.78 Å². The van der Waals surface area contributed by atoms with Gasteiger partial charge in [0.1, 0.15) is 5.75 Å². The Balaban J connectivity index is 1.64. The molecule has 2 N–H and O–H groups in total. The van der Waals surface area contributed by atoms with E-state index in [9.17, 15) is 13.6 Å². The minimum atomic E-state index is -2.88. The molecule has 1 aliphatic rings. The summed E-state index contributed by atoms with van der Waals surface area (Å²) in [4.78, 5) is 14.2. The van der Waals surface area contributed by atoms with Crippen LogP contribution < -0.4 is 15.4 Å². The molecule has 0 spiro atoms. The summed E-state index contributed by atoms with van der Waals surface area (Å²) in [6.45, 7) is 3.21. The summed E-state index contributed by atoms with van der Waals surface area (Å²) >= 11 is 0. The first-order valence-electron chi connectivity index (χ1n) is 8.35. The van der Waals surface area contributed by atoms with E-state index < -0.39 is 6.61 Å². The Bertz CT molecular complexity index is 520. The van der Waals surface area contributed by atoms with Crippen molar-refractivity contribution in [3.8, 4) is 5.75 Å². The van der Waals surface area contributed by atoms with Crippen molar-refractivity contribution in [2.24, 2.45) is 5.92 Å². The van der Waals surface area contributed by atoms with Crippen LogP contribution in [-0.2, 0) is 0 Å². The lowest BCUT2D eigenvalue weighted by Crippen LogP contribution is -2.36. The summed E-state index contributed by atoms with van der Waals surface area (Å²) in [5.74, 6) is 0.831. The van der Waals surface area contributed by atoms with E-state index in [4.69, 9.17) is 0 Å². The van der Waals surface area contributed by atoms with Gasteiger partial charge in [0.2, 0.25) is 0 Å². The van der Waals surface area contributed by atoms with Crippen molar-refractivity contribution < 1.29 is 18.3 Å². The van der Waals surface area contributed by atoms with Crippen molar-refractivity contribution in [1.82, 2.24) is 10.2 Å². The average Bonchev–Trinajstić information content (AvgIpc) is 2.53. The molecule has 0 aliphatic carbocycles. The molecule has 0 atom stereocenters. The van der Waals surface area contributed by atoms with E-state index in [1.807, 2.05) is 0 Å². The minimum Gasteiger partial charge on any atom is -0.435 e. The molecule has 1 heterocycles. The van der Waals surface area contributed by atoms with Gasteiger partial charge in [-0.15, -0.1) is 0 Å². The highest BCUT2D eigenvalue weighted by Gasteiger charge is 2.14. The zero-order valence-electron chi connectivity index (χ0n) is 13.9. The fourth-order valence-electron chi connectivity index (χ4n) is 2.72. The number of likely N-dealkylation sites (tertiary alicyclic amines) is 1. The number of alkyl halides is 2. The van der Waals surface area contributed by atoms with Crippen LogP contribution in [0.15, 0.2) is 24.3 Å². The van der Waals surface area contributed by atoms with Crippen molar-refractivity contribution in [3.63, 3.8) is 0 Å². The molecule has 7 heteroatoms. The number of hydrogen-bond donors (Lipinski definition) is 2. The highest BCUT2D eigenvalue weighted by atomic mass is 19.3. The second kappa shape index (κ2) is 9.42. The first kappa shape index (κ1) is 18.4. The summed E-state index contributed by atoms with van der Waals surface area (Å²) < 4.78 is 28.6. The van der Waals surface area contributed by atoms with E-state index >= 15 is 0 Å². The van der Waals surface area contributed by atoms with Gasteiger partial charge < -0.3 is 20.3 Å². The van der Waals surface area contributed by atoms with Crippen molar-refractivity contribution in [3.05, 3.63) is 24.3 Å². The molecule has 0 unspecified atom stereocenters. The van der Waals surface area contributed by atoms with E-state index in [2.05, 4.69) is 27.2 Å². The minimum absolute atomic E-state index is 0.0159. The SMILES string of the molecule is CC1CCN(CCCNC(=O)Nc2cccc(OC(F)F)c2)CC1. The number of carbonyl (C=O) groups is 1. The number of hydrogen-bond acceptors (Lipinski definition) is 3. The topological polar surface area (TPSA) is 53.6 Å². The fourth-order valence-corrected chi connectivity index (χ4v) is 2.72. The van der Waals surface area contributed by atoms with E-state index in [0.29, 0.717) is 12.2 Å². The van der Waals surface area contributed by atoms with Crippen molar-refractivity contribution in [1.29, 1.82) is 0 Å². The standard InChI is InChI=1S/C17H25F2N3O2/c1-13-6-10-22(11-7-13)9-3-8-20-17(23)21-14-4-2-5-15(12-14)24-16(18)19/h2,4-5,12-13,16H,3,6-11H2,1H3,(H2,20,21,23). The summed E-state index contributed by atoms with van der Waals surface area (Å²) in [6, 6.07) is 5.59. The van der Waals surface area contributed by atoms with Crippen LogP contribution in [0.1, 0.15) is 26.2 Å². The number of benzene rings is 1. The van der Waals surface area contributed by atoms with E-state index in [-0.39, 0.29) is 11.8 Å². The molecule has 1 aromatic rings. The molecule has 134 valence electrons. The number of halogens is 2. The molecular weight excluding hydrogens is 316 g/mol. The van der Waals surface area contributed by atoms with Crippen molar-refractivity contribution in [2.75, 3.05) is 31.5 Å². The molecule has 1 saturated heterocycles. The van der Waals surface area contributed by atoms with Crippen LogP contribution in [-0.4, -0.2) is 43.7 Å². The Morgan fingerprint density at radius 2 is 2.12 bits per heavy atom. The van der Waals surface area contributed by atoms with Gasteiger partial charge >= 0.3 is 12.6 Å². The van der Waals surface area contributed by atoms with Gasteiger partial charge in [-0.3, -0.25) is 0 Å². The molecular formula is C17H25F2N3O2. The van der Waals surface area contributed by atoms with Crippen LogP contribution in [0, 0.1) is 5.92 Å². The Hall–Kier alpha value is -1.89. The monoisotopic (exact) mass is 341 g/mol. The quantitative estimate of drug-likeness (QED) is 0.746. The highest BCUT2D eigenvalue weighted by molar-refractivity contribution is 5.89. The maximum Gasteiger partial charge on any atom is 0.387 e. The zero-order chi connectivity index (χ0) is 17.4. The second-order valence-electron chi connectivity index (χ2n) is 6.16. The third-order valence-corrected chi connectivity index (χ3v) is 4.13. The molecule has 1 fully saturated rings. The van der Waals surface area contributed by atoms with Crippen LogP contribution in [0.3, 0.4) is 0 Å². The van der Waals surface area contributed by atoms with Crippen LogP contribution in [0.25, 0.3) is 0 Å². The van der Waals surface area contributed by atoms with Gasteiger partial charge in [0.25, 0.3) is 0 Å². The lowest BCUT2D eigenvalue weighted by molar-refractivity contribution is -0.0497. The smallest absolute Gasteiger partial charge is 0.387 e. The van der Waals surface area contributed by atoms with E-state index in [1.165, 1.54) is 25.0 Å².